The van der Waals surface area contributed by atoms with Crippen molar-refractivity contribution in [1.29, 1.82) is 5.26 Å². The first kappa shape index (κ1) is 26.8. The normalized spacial score (nSPS) is 18.8. The van der Waals surface area contributed by atoms with Crippen molar-refractivity contribution < 1.29 is 9.53 Å². The van der Waals surface area contributed by atoms with Gasteiger partial charge in [-0.2, -0.15) is 15.2 Å². The SMILES string of the molecule is N#Cc1c(N)nc(N)nc1N[C@H](c1nc2c(Cl)ccc(Cl)c2c(=O)n1[C@H]1C[C@H](OC(=O)c2ccccc2)C1)C1CC1. The number of aromatic nitrogens is 4. The van der Waals surface area contributed by atoms with Gasteiger partial charge in [-0.05, 0) is 43.0 Å². The predicted octanol–water partition coefficient (Wildman–Crippen LogP) is 4.65. The molecule has 11 nitrogen and oxygen atoms in total. The molecule has 0 unspecified atom stereocenters. The van der Waals surface area contributed by atoms with E-state index >= 15 is 0 Å². The van der Waals surface area contributed by atoms with Gasteiger partial charge in [0, 0.05) is 18.9 Å². The van der Waals surface area contributed by atoms with Gasteiger partial charge < -0.3 is 21.5 Å². The van der Waals surface area contributed by atoms with Crippen LogP contribution in [0.1, 0.15) is 59.5 Å². The number of hydrogen-bond acceptors (Lipinski definition) is 10. The van der Waals surface area contributed by atoms with Gasteiger partial charge >= 0.3 is 5.97 Å². The second-order valence-electron chi connectivity index (χ2n) is 10.2. The fraction of sp³-hybridized carbons (Fsp3) is 0.286. The van der Waals surface area contributed by atoms with E-state index in [9.17, 15) is 14.9 Å². The number of esters is 1. The monoisotopic (exact) mass is 590 g/mol. The molecule has 2 aliphatic rings. The molecule has 2 saturated carbocycles. The fourth-order valence-corrected chi connectivity index (χ4v) is 5.57. The average Bonchev–Trinajstić information content (AvgIpc) is 3.77. The van der Waals surface area contributed by atoms with E-state index in [1.807, 2.05) is 12.1 Å². The second-order valence-corrected chi connectivity index (χ2v) is 11.0. The number of benzene rings is 2. The van der Waals surface area contributed by atoms with E-state index in [1.54, 1.807) is 41.0 Å². The Balaban J connectivity index is 1.41. The van der Waals surface area contributed by atoms with Gasteiger partial charge in [0.15, 0.2) is 5.82 Å². The van der Waals surface area contributed by atoms with Crippen LogP contribution in [0.5, 0.6) is 0 Å². The van der Waals surface area contributed by atoms with Crippen molar-refractivity contribution in [2.75, 3.05) is 16.8 Å². The van der Waals surface area contributed by atoms with E-state index in [1.165, 1.54) is 0 Å². The maximum absolute atomic E-state index is 14.1. The van der Waals surface area contributed by atoms with Gasteiger partial charge in [-0.3, -0.25) is 9.36 Å². The lowest BCUT2D eigenvalue weighted by atomic mass is 9.88. The summed E-state index contributed by atoms with van der Waals surface area (Å²) in [7, 11) is 0. The highest BCUT2D eigenvalue weighted by atomic mass is 35.5. The van der Waals surface area contributed by atoms with Gasteiger partial charge in [0.05, 0.1) is 32.6 Å². The minimum Gasteiger partial charge on any atom is -0.459 e. The largest absolute Gasteiger partial charge is 0.459 e. The summed E-state index contributed by atoms with van der Waals surface area (Å²) in [5.41, 5.74) is 12.2. The minimum atomic E-state index is -0.533. The lowest BCUT2D eigenvalue weighted by molar-refractivity contribution is -0.00922. The Bertz CT molecular complexity index is 1780. The van der Waals surface area contributed by atoms with Gasteiger partial charge in [-0.25, -0.2) is 9.78 Å². The molecule has 0 amide bonds. The third-order valence-electron chi connectivity index (χ3n) is 7.43. The first-order valence-corrected chi connectivity index (χ1v) is 13.8. The molecule has 4 aromatic rings. The molecule has 208 valence electrons. The fourth-order valence-electron chi connectivity index (χ4n) is 5.14. The van der Waals surface area contributed by atoms with Crippen LogP contribution in [0.3, 0.4) is 0 Å². The van der Waals surface area contributed by atoms with Crippen LogP contribution in [0, 0.1) is 17.2 Å². The second kappa shape index (κ2) is 10.5. The van der Waals surface area contributed by atoms with E-state index in [0.717, 1.165) is 12.8 Å². The van der Waals surface area contributed by atoms with Crippen molar-refractivity contribution in [2.45, 2.75) is 43.9 Å². The van der Waals surface area contributed by atoms with Crippen LogP contribution < -0.4 is 22.3 Å². The third kappa shape index (κ3) is 5.01. The number of fused-ring (bicyclic) bond motifs is 1. The van der Waals surface area contributed by atoms with Crippen molar-refractivity contribution in [3.8, 4) is 6.07 Å². The lowest BCUT2D eigenvalue weighted by Crippen LogP contribution is -2.42. The Kier molecular flexibility index (Phi) is 6.89. The number of carbonyl (C=O) groups is 1. The standard InChI is InChI=1S/C28H24Cl2N8O3/c29-18-8-9-19(30)22-20(18)26(39)38(15-10-16(11-15)41-27(40)14-4-2-1-3-5-14)25(35-22)21(13-6-7-13)34-24-17(12-31)23(32)36-28(33)37-24/h1-5,8-9,13,15-16,21H,6-7,10-11H2,(H5,32,33,34,36,37)/t15-,16-,21-/m0/s1. The van der Waals surface area contributed by atoms with Gasteiger partial charge in [0.2, 0.25) is 5.95 Å². The van der Waals surface area contributed by atoms with E-state index in [2.05, 4.69) is 15.3 Å². The number of halogens is 2. The number of rotatable bonds is 7. The number of nitriles is 1. The van der Waals surface area contributed by atoms with E-state index in [4.69, 9.17) is 44.4 Å². The van der Waals surface area contributed by atoms with Crippen molar-refractivity contribution in [3.63, 3.8) is 0 Å². The van der Waals surface area contributed by atoms with E-state index in [-0.39, 0.29) is 67.7 Å². The van der Waals surface area contributed by atoms with Gasteiger partial charge in [0.25, 0.3) is 5.56 Å². The summed E-state index contributed by atoms with van der Waals surface area (Å²) < 4.78 is 7.29. The zero-order valence-electron chi connectivity index (χ0n) is 21.6. The summed E-state index contributed by atoms with van der Waals surface area (Å²) in [4.78, 5) is 39.6. The summed E-state index contributed by atoms with van der Waals surface area (Å²) in [5, 5.41) is 13.7. The number of nitrogens with one attached hydrogen (secondary N) is 1. The number of hydrogen-bond donors (Lipinski definition) is 3. The topological polar surface area (TPSA) is 175 Å². The van der Waals surface area contributed by atoms with Crippen LogP contribution >= 0.6 is 23.2 Å². The molecule has 2 aromatic carbocycles. The minimum absolute atomic E-state index is 0.0390. The Hall–Kier alpha value is -4.40. The first-order valence-electron chi connectivity index (χ1n) is 13.0. The van der Waals surface area contributed by atoms with Gasteiger partial charge in [0.1, 0.15) is 29.4 Å². The van der Waals surface area contributed by atoms with Crippen molar-refractivity contribution in [1.82, 2.24) is 19.5 Å². The Morgan fingerprint density at radius 1 is 1.07 bits per heavy atom. The molecule has 41 heavy (non-hydrogen) atoms. The highest BCUT2D eigenvalue weighted by Gasteiger charge is 2.41. The van der Waals surface area contributed by atoms with Crippen LogP contribution in [-0.2, 0) is 4.74 Å². The number of nitrogens with two attached hydrogens (primary N) is 2. The molecule has 2 fully saturated rings. The molecule has 0 radical (unpaired) electrons. The van der Waals surface area contributed by atoms with Crippen LogP contribution in [0.2, 0.25) is 10.0 Å². The Morgan fingerprint density at radius 2 is 1.78 bits per heavy atom. The van der Waals surface area contributed by atoms with Crippen LogP contribution in [0.15, 0.2) is 47.3 Å². The molecule has 6 rings (SSSR count). The molecule has 2 heterocycles. The number of ether oxygens (including phenoxy) is 1. The first-order chi connectivity index (χ1) is 19.7. The molecule has 0 bridgehead atoms. The molecule has 2 aliphatic carbocycles. The van der Waals surface area contributed by atoms with Crippen LogP contribution in [0.25, 0.3) is 10.9 Å². The van der Waals surface area contributed by atoms with Crippen molar-refractivity contribution in [2.24, 2.45) is 5.92 Å². The molecule has 13 heteroatoms. The summed E-state index contributed by atoms with van der Waals surface area (Å²) in [6.45, 7) is 0. The summed E-state index contributed by atoms with van der Waals surface area (Å²) in [6, 6.07) is 13.0. The quantitative estimate of drug-likeness (QED) is 0.257. The van der Waals surface area contributed by atoms with E-state index < -0.39 is 12.0 Å². The maximum Gasteiger partial charge on any atom is 0.338 e. The predicted molar refractivity (Wildman–Crippen MR) is 155 cm³/mol. The number of anilines is 3. The maximum atomic E-state index is 14.1. The lowest BCUT2D eigenvalue weighted by Gasteiger charge is -2.38. The highest BCUT2D eigenvalue weighted by molar-refractivity contribution is 6.39. The molecule has 2 aromatic heterocycles. The van der Waals surface area contributed by atoms with Gasteiger partial charge in [-0.1, -0.05) is 41.4 Å². The molecular formula is C28H24Cl2N8O3. The van der Waals surface area contributed by atoms with Crippen molar-refractivity contribution in [3.05, 3.63) is 79.8 Å². The molecule has 1 atom stereocenters. The Morgan fingerprint density at radius 3 is 2.46 bits per heavy atom. The molecule has 0 spiro atoms. The zero-order valence-corrected chi connectivity index (χ0v) is 23.1. The van der Waals surface area contributed by atoms with Crippen molar-refractivity contribution >= 4 is 57.7 Å². The zero-order chi connectivity index (χ0) is 28.8. The Labute approximate surface area is 244 Å². The summed E-state index contributed by atoms with van der Waals surface area (Å²) in [6.07, 6.45) is 2.15. The van der Waals surface area contributed by atoms with Gasteiger partial charge in [-0.15, -0.1) is 0 Å². The molecular weight excluding hydrogens is 567 g/mol. The molecule has 0 aliphatic heterocycles. The number of nitrogens with zero attached hydrogens (tertiary/aromatic N) is 5. The molecule has 0 saturated heterocycles. The average molecular weight is 591 g/mol. The molecule has 5 N–H and O–H groups in total. The summed E-state index contributed by atoms with van der Waals surface area (Å²) in [5.74, 6) is 0.0624. The smallest absolute Gasteiger partial charge is 0.338 e. The van der Waals surface area contributed by atoms with Crippen LogP contribution in [0.4, 0.5) is 17.6 Å². The number of nitrogen functional groups attached to an aromatic ring is 2. The van der Waals surface area contributed by atoms with E-state index in [0.29, 0.717) is 24.2 Å². The highest BCUT2D eigenvalue weighted by Crippen LogP contribution is 2.45. The number of carbonyl (C=O) groups excluding carboxylic acids is 1. The van der Waals surface area contributed by atoms with Crippen LogP contribution in [-0.4, -0.2) is 31.6 Å². The third-order valence-corrected chi connectivity index (χ3v) is 8.05. The summed E-state index contributed by atoms with van der Waals surface area (Å²) >= 11 is 13.0.